The summed E-state index contributed by atoms with van der Waals surface area (Å²) in [5.41, 5.74) is -2.71. The molecule has 54 heavy (non-hydrogen) atoms. The predicted octanol–water partition coefficient (Wildman–Crippen LogP) is 13.0. The number of para-hydroxylation sites is 2. The molecule has 0 saturated carbocycles. The molecule has 0 saturated heterocycles. The van der Waals surface area contributed by atoms with E-state index in [0.717, 1.165) is 36.4 Å². The highest BCUT2D eigenvalue weighted by Gasteiger charge is 2.34. The summed E-state index contributed by atoms with van der Waals surface area (Å²) in [6.07, 6.45) is -14.3. The van der Waals surface area contributed by atoms with Gasteiger partial charge in [-0.25, -0.2) is 4.85 Å². The summed E-state index contributed by atoms with van der Waals surface area (Å²) in [6.45, 7) is 7.73. The van der Waals surface area contributed by atoms with E-state index in [9.17, 15) is 44.8 Å². The monoisotopic (exact) mass is 738 g/mol. The van der Waals surface area contributed by atoms with Gasteiger partial charge in [-0.05, 0) is 65.7 Å². The number of hydrogen-bond donors (Lipinski definition) is 0. The molecule has 0 amide bonds. The molecule has 0 fully saturated rings. The second-order valence-corrected chi connectivity index (χ2v) is 12.5. The quantitative estimate of drug-likeness (QED) is 0.131. The number of nitrogens with zero attached hydrogens (tertiary/aromatic N) is 4. The molecule has 0 N–H and O–H groups in total. The van der Waals surface area contributed by atoms with E-state index in [1.807, 2.05) is 6.07 Å². The molecular weight excluding hydrogens is 719 g/mol. The Bertz CT molecular complexity index is 2930. The molecule has 6 aromatic carbocycles. The maximum atomic E-state index is 14.2. The predicted molar refractivity (Wildman–Crippen MR) is 187 cm³/mol. The van der Waals surface area contributed by atoms with Crippen molar-refractivity contribution in [1.82, 2.24) is 9.13 Å². The molecular formula is C41H19F9N4. The van der Waals surface area contributed by atoms with Crippen molar-refractivity contribution >= 4 is 49.3 Å². The minimum absolute atomic E-state index is 0.0226. The Morgan fingerprint density at radius 3 is 1.37 bits per heavy atom. The van der Waals surface area contributed by atoms with Gasteiger partial charge in [-0.2, -0.15) is 44.8 Å². The molecule has 0 bridgehead atoms. The van der Waals surface area contributed by atoms with Gasteiger partial charge in [-0.3, -0.25) is 0 Å². The molecule has 8 rings (SSSR count). The SMILES string of the molecule is [C-]#[N+]c1cc(C(F)(F)F)ccc1-c1cc(-n2c3ccccc3c3ccc(C(F)(F)F)cc32)c(-n2c3ccccc3c3ccc(C(F)(F)F)cc32)cc1C#N. The number of benzene rings is 6. The lowest BCUT2D eigenvalue weighted by Gasteiger charge is -2.20. The van der Waals surface area contributed by atoms with Crippen LogP contribution in [0.4, 0.5) is 45.2 Å². The Labute approximate surface area is 298 Å². The van der Waals surface area contributed by atoms with Crippen LogP contribution in [0.3, 0.4) is 0 Å². The lowest BCUT2D eigenvalue weighted by Crippen LogP contribution is -2.08. The summed E-state index contributed by atoms with van der Waals surface area (Å²) in [4.78, 5) is 3.31. The van der Waals surface area contributed by atoms with E-state index in [-0.39, 0.29) is 39.1 Å². The zero-order valence-electron chi connectivity index (χ0n) is 27.2. The lowest BCUT2D eigenvalue weighted by molar-refractivity contribution is -0.138. The highest BCUT2D eigenvalue weighted by atomic mass is 19.4. The standard InChI is InChI=1S/C41H19F9N4/c1-52-32-17-23(39(42,43)44)10-13-26(32)31-20-38(54-34-9-5-3-7-28(34)30-15-12-25(19-36(30)54)41(48,49)50)37(16-22(31)21-51)53-33-8-4-2-6-27(33)29-14-11-24(18-35(29)53)40(45,46)47/h2-20H. The normalized spacial score (nSPS) is 12.5. The van der Waals surface area contributed by atoms with Gasteiger partial charge in [0, 0.05) is 27.1 Å². The summed E-state index contributed by atoms with van der Waals surface area (Å²) >= 11 is 0. The molecule has 2 aromatic heterocycles. The molecule has 8 aromatic rings. The summed E-state index contributed by atoms with van der Waals surface area (Å²) < 4.78 is 129. The van der Waals surface area contributed by atoms with E-state index in [1.54, 1.807) is 48.5 Å². The van der Waals surface area contributed by atoms with Crippen molar-refractivity contribution in [2.24, 2.45) is 0 Å². The van der Waals surface area contributed by atoms with Crippen LogP contribution >= 0.6 is 0 Å². The van der Waals surface area contributed by atoms with Crippen molar-refractivity contribution in [1.29, 1.82) is 5.26 Å². The number of hydrogen-bond acceptors (Lipinski definition) is 1. The van der Waals surface area contributed by atoms with Crippen molar-refractivity contribution in [2.75, 3.05) is 0 Å². The molecule has 0 aliphatic carbocycles. The third-order valence-corrected chi connectivity index (χ3v) is 9.45. The molecule has 0 spiro atoms. The fourth-order valence-corrected chi connectivity index (χ4v) is 7.09. The van der Waals surface area contributed by atoms with Gasteiger partial charge in [0.25, 0.3) is 0 Å². The maximum Gasteiger partial charge on any atom is 0.416 e. The van der Waals surface area contributed by atoms with Crippen LogP contribution in [-0.4, -0.2) is 9.13 Å². The van der Waals surface area contributed by atoms with Crippen LogP contribution in [0.2, 0.25) is 0 Å². The van der Waals surface area contributed by atoms with E-state index < -0.39 is 40.9 Å². The number of rotatable bonds is 3. The van der Waals surface area contributed by atoms with E-state index in [0.29, 0.717) is 38.6 Å². The molecule has 4 nitrogen and oxygen atoms in total. The van der Waals surface area contributed by atoms with E-state index in [4.69, 9.17) is 6.57 Å². The third kappa shape index (κ3) is 5.39. The number of fused-ring (bicyclic) bond motifs is 6. The number of nitriles is 1. The van der Waals surface area contributed by atoms with Crippen LogP contribution < -0.4 is 0 Å². The van der Waals surface area contributed by atoms with Crippen molar-refractivity contribution in [3.05, 3.63) is 149 Å². The maximum absolute atomic E-state index is 14.2. The molecule has 0 unspecified atom stereocenters. The number of halogens is 9. The first kappa shape index (κ1) is 34.4. The van der Waals surface area contributed by atoms with Crippen LogP contribution in [0, 0.1) is 17.9 Å². The topological polar surface area (TPSA) is 38.0 Å². The Kier molecular flexibility index (Phi) is 7.57. The van der Waals surface area contributed by atoms with Gasteiger partial charge in [0.1, 0.15) is 0 Å². The molecule has 2 heterocycles. The minimum Gasteiger partial charge on any atom is -0.307 e. The van der Waals surface area contributed by atoms with Crippen molar-refractivity contribution in [2.45, 2.75) is 18.5 Å². The highest BCUT2D eigenvalue weighted by Crippen LogP contribution is 2.45. The zero-order chi connectivity index (χ0) is 38.3. The molecule has 0 radical (unpaired) electrons. The summed E-state index contributed by atoms with van der Waals surface area (Å²) in [5.74, 6) is 0. The van der Waals surface area contributed by atoms with Gasteiger partial charge in [-0.15, -0.1) is 0 Å². The first-order chi connectivity index (χ1) is 25.6. The summed E-state index contributed by atoms with van der Waals surface area (Å²) in [5, 5.41) is 12.4. The third-order valence-electron chi connectivity index (χ3n) is 9.45. The first-order valence-electron chi connectivity index (χ1n) is 16.0. The Balaban J connectivity index is 1.58. The Morgan fingerprint density at radius 2 is 0.907 bits per heavy atom. The van der Waals surface area contributed by atoms with Crippen LogP contribution in [0.15, 0.2) is 115 Å². The van der Waals surface area contributed by atoms with Crippen LogP contribution in [0.5, 0.6) is 0 Å². The summed E-state index contributed by atoms with van der Waals surface area (Å²) in [6, 6.07) is 26.9. The first-order valence-corrected chi connectivity index (χ1v) is 16.0. The highest BCUT2D eigenvalue weighted by molar-refractivity contribution is 6.12. The Hall–Kier alpha value is -6.73. The molecule has 13 heteroatoms. The number of aromatic nitrogens is 2. The smallest absolute Gasteiger partial charge is 0.307 e. The largest absolute Gasteiger partial charge is 0.416 e. The second-order valence-electron chi connectivity index (χ2n) is 12.5. The van der Waals surface area contributed by atoms with Gasteiger partial charge < -0.3 is 9.13 Å². The fraction of sp³-hybridized carbons (Fsp3) is 0.0732. The van der Waals surface area contributed by atoms with E-state index >= 15 is 0 Å². The van der Waals surface area contributed by atoms with Gasteiger partial charge in [0.15, 0.2) is 5.69 Å². The van der Waals surface area contributed by atoms with E-state index in [2.05, 4.69) is 4.85 Å². The van der Waals surface area contributed by atoms with Gasteiger partial charge in [-0.1, -0.05) is 60.7 Å². The van der Waals surface area contributed by atoms with Crippen LogP contribution in [0.25, 0.3) is 71.0 Å². The second kappa shape index (κ2) is 11.9. The minimum atomic E-state index is -4.80. The zero-order valence-corrected chi connectivity index (χ0v) is 27.2. The van der Waals surface area contributed by atoms with E-state index in [1.165, 1.54) is 33.4 Å². The van der Waals surface area contributed by atoms with Crippen LogP contribution in [0.1, 0.15) is 22.3 Å². The average Bonchev–Trinajstić information content (AvgIpc) is 3.65. The molecule has 0 aliphatic heterocycles. The van der Waals surface area contributed by atoms with Crippen molar-refractivity contribution in [3.63, 3.8) is 0 Å². The number of alkyl halides is 9. The van der Waals surface area contributed by atoms with Crippen molar-refractivity contribution < 1.29 is 39.5 Å². The average molecular weight is 739 g/mol. The summed E-state index contributed by atoms with van der Waals surface area (Å²) in [7, 11) is 0. The van der Waals surface area contributed by atoms with Gasteiger partial charge in [0.05, 0.1) is 62.8 Å². The molecule has 266 valence electrons. The lowest BCUT2D eigenvalue weighted by atomic mass is 9.95. The van der Waals surface area contributed by atoms with Gasteiger partial charge in [0.2, 0.25) is 0 Å². The molecule has 0 aliphatic rings. The molecule has 0 atom stereocenters. The van der Waals surface area contributed by atoms with Crippen LogP contribution in [-0.2, 0) is 18.5 Å². The van der Waals surface area contributed by atoms with Crippen molar-refractivity contribution in [3.8, 4) is 28.6 Å². The van der Waals surface area contributed by atoms with Gasteiger partial charge >= 0.3 is 18.5 Å². The Morgan fingerprint density at radius 1 is 0.481 bits per heavy atom. The fourth-order valence-electron chi connectivity index (χ4n) is 7.09.